The summed E-state index contributed by atoms with van der Waals surface area (Å²) >= 11 is 0. The summed E-state index contributed by atoms with van der Waals surface area (Å²) in [6.07, 6.45) is 11.4. The van der Waals surface area contributed by atoms with E-state index in [0.29, 0.717) is 5.92 Å². The van der Waals surface area contributed by atoms with E-state index in [1.807, 2.05) is 13.8 Å². The van der Waals surface area contributed by atoms with Crippen LogP contribution in [0.3, 0.4) is 0 Å². The molecule has 0 aliphatic heterocycles. The summed E-state index contributed by atoms with van der Waals surface area (Å²) in [6.45, 7) is 8.29. The van der Waals surface area contributed by atoms with Crippen LogP contribution in [0.5, 0.6) is 0 Å². The molecule has 0 unspecified atom stereocenters. The third-order valence-electron chi connectivity index (χ3n) is 3.54. The van der Waals surface area contributed by atoms with Gasteiger partial charge in [0.15, 0.2) is 0 Å². The van der Waals surface area contributed by atoms with Gasteiger partial charge in [0.2, 0.25) is 0 Å². The second-order valence-electron chi connectivity index (χ2n) is 5.79. The standard InChI is InChI=1S/C15H26O/c1-12-6-5-7-13(2)9-11-14(10-8-12)15(3,4)16/h6,9,11,13-14,16H,5,7-8,10H2,1-4H3/t13-,14+/m0/s1. The van der Waals surface area contributed by atoms with E-state index in [1.54, 1.807) is 0 Å². The predicted octanol–water partition coefficient (Wildman–Crippen LogP) is 4.09. The van der Waals surface area contributed by atoms with Crippen LogP contribution in [-0.4, -0.2) is 10.7 Å². The summed E-state index contributed by atoms with van der Waals surface area (Å²) < 4.78 is 0. The molecular formula is C15H26O. The summed E-state index contributed by atoms with van der Waals surface area (Å²) in [5.41, 5.74) is 0.868. The second-order valence-corrected chi connectivity index (χ2v) is 5.79. The molecule has 1 N–H and O–H groups in total. The molecule has 16 heavy (non-hydrogen) atoms. The van der Waals surface area contributed by atoms with Crippen molar-refractivity contribution in [1.29, 1.82) is 0 Å². The molecule has 0 saturated carbocycles. The first kappa shape index (κ1) is 13.5. The van der Waals surface area contributed by atoms with Crippen molar-refractivity contribution in [3.63, 3.8) is 0 Å². The van der Waals surface area contributed by atoms with Gasteiger partial charge in [-0.25, -0.2) is 0 Å². The molecule has 1 nitrogen and oxygen atoms in total. The van der Waals surface area contributed by atoms with Gasteiger partial charge in [-0.05, 0) is 52.4 Å². The van der Waals surface area contributed by atoms with Crippen molar-refractivity contribution in [3.8, 4) is 0 Å². The first-order valence-electron chi connectivity index (χ1n) is 6.46. The molecule has 0 aromatic heterocycles. The topological polar surface area (TPSA) is 20.2 Å². The predicted molar refractivity (Wildman–Crippen MR) is 70.3 cm³/mol. The Morgan fingerprint density at radius 3 is 2.56 bits per heavy atom. The van der Waals surface area contributed by atoms with Gasteiger partial charge in [0.1, 0.15) is 0 Å². The minimum atomic E-state index is -0.601. The quantitative estimate of drug-likeness (QED) is 0.663. The molecule has 0 amide bonds. The van der Waals surface area contributed by atoms with E-state index in [0.717, 1.165) is 12.8 Å². The minimum absolute atomic E-state index is 0.274. The van der Waals surface area contributed by atoms with Gasteiger partial charge in [-0.2, -0.15) is 0 Å². The number of hydrogen-bond acceptors (Lipinski definition) is 1. The number of aliphatic hydroxyl groups is 1. The normalized spacial score (nSPS) is 28.7. The van der Waals surface area contributed by atoms with E-state index < -0.39 is 5.60 Å². The van der Waals surface area contributed by atoms with Crippen molar-refractivity contribution in [2.24, 2.45) is 11.8 Å². The van der Waals surface area contributed by atoms with E-state index >= 15 is 0 Å². The maximum Gasteiger partial charge on any atom is 0.0654 e. The van der Waals surface area contributed by atoms with Gasteiger partial charge in [0.25, 0.3) is 0 Å². The van der Waals surface area contributed by atoms with Crippen LogP contribution in [0, 0.1) is 11.8 Å². The fourth-order valence-electron chi connectivity index (χ4n) is 2.18. The average Bonchev–Trinajstić information content (AvgIpc) is 2.15. The highest BCUT2D eigenvalue weighted by molar-refractivity contribution is 5.05. The molecule has 1 rings (SSSR count). The van der Waals surface area contributed by atoms with Gasteiger partial charge in [-0.15, -0.1) is 0 Å². The van der Waals surface area contributed by atoms with E-state index in [1.165, 1.54) is 18.4 Å². The van der Waals surface area contributed by atoms with Crippen molar-refractivity contribution in [2.45, 2.75) is 59.0 Å². The van der Waals surface area contributed by atoms with E-state index in [-0.39, 0.29) is 5.92 Å². The van der Waals surface area contributed by atoms with Crippen molar-refractivity contribution in [3.05, 3.63) is 23.8 Å². The summed E-state index contributed by atoms with van der Waals surface area (Å²) in [5.74, 6) is 0.892. The molecule has 0 radical (unpaired) electrons. The third kappa shape index (κ3) is 4.52. The van der Waals surface area contributed by atoms with Crippen molar-refractivity contribution >= 4 is 0 Å². The highest BCUT2D eigenvalue weighted by Gasteiger charge is 2.24. The Bertz CT molecular complexity index is 268. The van der Waals surface area contributed by atoms with Crippen molar-refractivity contribution in [1.82, 2.24) is 0 Å². The Morgan fingerprint density at radius 2 is 1.94 bits per heavy atom. The molecule has 0 spiro atoms. The van der Waals surface area contributed by atoms with Gasteiger partial charge in [0.05, 0.1) is 5.60 Å². The minimum Gasteiger partial charge on any atom is -0.390 e. The van der Waals surface area contributed by atoms with Crippen LogP contribution in [0.2, 0.25) is 0 Å². The fraction of sp³-hybridized carbons (Fsp3) is 0.733. The monoisotopic (exact) mass is 222 g/mol. The third-order valence-corrected chi connectivity index (χ3v) is 3.54. The van der Waals surface area contributed by atoms with Crippen LogP contribution < -0.4 is 0 Å². The van der Waals surface area contributed by atoms with Crippen LogP contribution in [0.25, 0.3) is 0 Å². The Morgan fingerprint density at radius 1 is 1.25 bits per heavy atom. The SMILES string of the molecule is CC1=CCC[C@H](C)C=C[C@H](C(C)(C)O)CC1. The zero-order valence-corrected chi connectivity index (χ0v) is 11.2. The summed E-state index contributed by atoms with van der Waals surface area (Å²) in [7, 11) is 0. The Labute approximate surface area is 100 Å². The lowest BCUT2D eigenvalue weighted by Gasteiger charge is -2.27. The molecule has 0 fully saturated rings. The lowest BCUT2D eigenvalue weighted by atomic mass is 9.84. The van der Waals surface area contributed by atoms with E-state index in [9.17, 15) is 5.11 Å². The number of rotatable bonds is 1. The zero-order chi connectivity index (χ0) is 12.2. The molecule has 1 aliphatic rings. The molecule has 0 saturated heterocycles. The molecular weight excluding hydrogens is 196 g/mol. The summed E-state index contributed by atoms with van der Waals surface area (Å²) in [6, 6.07) is 0. The molecule has 92 valence electrons. The van der Waals surface area contributed by atoms with Crippen LogP contribution in [0.15, 0.2) is 23.8 Å². The largest absolute Gasteiger partial charge is 0.390 e. The zero-order valence-electron chi connectivity index (χ0n) is 11.2. The van der Waals surface area contributed by atoms with Crippen LogP contribution in [0.1, 0.15) is 53.4 Å². The maximum atomic E-state index is 10.1. The first-order chi connectivity index (χ1) is 7.39. The molecule has 1 heteroatoms. The average molecular weight is 222 g/mol. The maximum absolute atomic E-state index is 10.1. The van der Waals surface area contributed by atoms with Crippen molar-refractivity contribution in [2.75, 3.05) is 0 Å². The highest BCUT2D eigenvalue weighted by Crippen LogP contribution is 2.27. The summed E-state index contributed by atoms with van der Waals surface area (Å²) in [4.78, 5) is 0. The van der Waals surface area contributed by atoms with Gasteiger partial charge in [-0.3, -0.25) is 0 Å². The second kappa shape index (κ2) is 5.67. The van der Waals surface area contributed by atoms with E-state index in [4.69, 9.17) is 0 Å². The fourth-order valence-corrected chi connectivity index (χ4v) is 2.18. The van der Waals surface area contributed by atoms with Crippen LogP contribution in [-0.2, 0) is 0 Å². The van der Waals surface area contributed by atoms with Gasteiger partial charge < -0.3 is 5.11 Å². The molecule has 0 aromatic carbocycles. The number of hydrogen-bond donors (Lipinski definition) is 1. The summed E-state index contributed by atoms with van der Waals surface area (Å²) in [5, 5.41) is 10.1. The smallest absolute Gasteiger partial charge is 0.0654 e. The van der Waals surface area contributed by atoms with Gasteiger partial charge >= 0.3 is 0 Å². The molecule has 0 bridgehead atoms. The molecule has 0 aromatic rings. The van der Waals surface area contributed by atoms with Crippen LogP contribution in [0.4, 0.5) is 0 Å². The van der Waals surface area contributed by atoms with E-state index in [2.05, 4.69) is 32.1 Å². The molecule has 2 atom stereocenters. The van der Waals surface area contributed by atoms with Gasteiger partial charge in [-0.1, -0.05) is 30.7 Å². The molecule has 0 heterocycles. The Kier molecular flexibility index (Phi) is 4.79. The lowest BCUT2D eigenvalue weighted by molar-refractivity contribution is 0.0336. The lowest BCUT2D eigenvalue weighted by Crippen LogP contribution is -2.29. The molecule has 1 aliphatic carbocycles. The Hall–Kier alpha value is -0.560. The Balaban J connectivity index is 2.76. The highest BCUT2D eigenvalue weighted by atomic mass is 16.3. The number of allylic oxidation sites excluding steroid dienone is 3. The van der Waals surface area contributed by atoms with Crippen molar-refractivity contribution < 1.29 is 5.11 Å². The van der Waals surface area contributed by atoms with Crippen LogP contribution >= 0.6 is 0 Å². The first-order valence-corrected chi connectivity index (χ1v) is 6.46. The van der Waals surface area contributed by atoms with Gasteiger partial charge in [0, 0.05) is 5.92 Å².